The zero-order valence-electron chi connectivity index (χ0n) is 13.3. The topological polar surface area (TPSA) is 40.9 Å². The minimum atomic E-state index is -0.888. The first kappa shape index (κ1) is 16.1. The van der Waals surface area contributed by atoms with Crippen LogP contribution in [0.3, 0.4) is 0 Å². The first-order valence-corrected chi connectivity index (χ1v) is 9.01. The average Bonchev–Trinajstić information content (AvgIpc) is 2.63. The van der Waals surface area contributed by atoms with Gasteiger partial charge < -0.3 is 0 Å². The molecule has 24 heavy (non-hydrogen) atoms. The fraction of sp³-hybridized carbons (Fsp3) is 0.0476. The molecule has 116 valence electrons. The van der Waals surface area contributed by atoms with E-state index in [1.165, 1.54) is 6.92 Å². The molecule has 0 atom stereocenters. The molecule has 3 heteroatoms. The molecule has 0 fully saturated rings. The van der Waals surface area contributed by atoms with Gasteiger partial charge in [0.2, 0.25) is 0 Å². The van der Waals surface area contributed by atoms with Crippen LogP contribution in [0.1, 0.15) is 22.8 Å². The number of nitrogens with zero attached hydrogens (tertiary/aromatic N) is 1. The number of benzene rings is 3. The van der Waals surface area contributed by atoms with Crippen LogP contribution in [-0.2, 0) is 0 Å². The van der Waals surface area contributed by atoms with Crippen molar-refractivity contribution in [3.8, 4) is 6.07 Å². The van der Waals surface area contributed by atoms with E-state index in [9.17, 15) is 10.1 Å². The van der Waals surface area contributed by atoms with E-state index in [1.807, 2.05) is 48.5 Å². The predicted octanol–water partition coefficient (Wildman–Crippen LogP) is 3.52. The number of hydrogen-bond donors (Lipinski definition) is 0. The van der Waals surface area contributed by atoms with Gasteiger partial charge >= 0.3 is 0 Å². The predicted molar refractivity (Wildman–Crippen MR) is 99.9 cm³/mol. The first-order chi connectivity index (χ1) is 11.7. The fourth-order valence-corrected chi connectivity index (χ4v) is 5.14. The fourth-order valence-electron chi connectivity index (χ4n) is 2.72. The van der Waals surface area contributed by atoms with Crippen LogP contribution >= 0.6 is 7.92 Å². The van der Waals surface area contributed by atoms with E-state index in [2.05, 4.69) is 30.3 Å². The Labute approximate surface area is 143 Å². The van der Waals surface area contributed by atoms with Crippen LogP contribution in [0.4, 0.5) is 0 Å². The SMILES string of the molecule is CC(=O)c1cccc(P(c2ccccc2)c2ccccc2)c1C#N. The van der Waals surface area contributed by atoms with Gasteiger partial charge in [-0.05, 0) is 25.5 Å². The quantitative estimate of drug-likeness (QED) is 0.543. The lowest BCUT2D eigenvalue weighted by molar-refractivity contribution is 0.101. The second kappa shape index (κ2) is 7.21. The van der Waals surface area contributed by atoms with Gasteiger partial charge in [-0.15, -0.1) is 0 Å². The zero-order valence-corrected chi connectivity index (χ0v) is 14.2. The Kier molecular flexibility index (Phi) is 4.85. The van der Waals surface area contributed by atoms with Crippen LogP contribution in [0.5, 0.6) is 0 Å². The Balaban J connectivity index is 2.27. The van der Waals surface area contributed by atoms with Crippen LogP contribution in [0, 0.1) is 11.3 Å². The zero-order chi connectivity index (χ0) is 16.9. The van der Waals surface area contributed by atoms with Crippen LogP contribution in [0.15, 0.2) is 78.9 Å². The summed E-state index contributed by atoms with van der Waals surface area (Å²) in [5.41, 5.74) is 0.984. The molecule has 3 aromatic rings. The van der Waals surface area contributed by atoms with E-state index in [0.717, 1.165) is 15.9 Å². The normalized spacial score (nSPS) is 10.4. The molecule has 0 spiro atoms. The summed E-state index contributed by atoms with van der Waals surface area (Å²) in [4.78, 5) is 11.9. The Hall–Kier alpha value is -2.75. The second-order valence-electron chi connectivity index (χ2n) is 5.37. The molecule has 0 bridgehead atoms. The van der Waals surface area contributed by atoms with E-state index in [1.54, 1.807) is 6.07 Å². The van der Waals surface area contributed by atoms with Crippen molar-refractivity contribution in [2.75, 3.05) is 0 Å². The third-order valence-corrected chi connectivity index (χ3v) is 6.29. The molecule has 0 aromatic heterocycles. The van der Waals surface area contributed by atoms with Crippen molar-refractivity contribution in [1.29, 1.82) is 5.26 Å². The standard InChI is InChI=1S/C21H16NOP/c1-16(23)19-13-8-14-21(20(19)15-22)24(17-9-4-2-5-10-17)18-11-6-3-7-12-18/h2-14H,1H3. The van der Waals surface area contributed by atoms with E-state index >= 15 is 0 Å². The summed E-state index contributed by atoms with van der Waals surface area (Å²) in [7, 11) is -0.888. The van der Waals surface area contributed by atoms with Crippen LogP contribution in [0.2, 0.25) is 0 Å². The summed E-state index contributed by atoms with van der Waals surface area (Å²) >= 11 is 0. The number of rotatable bonds is 4. The molecule has 0 aliphatic rings. The molecule has 0 aliphatic heterocycles. The molecule has 0 N–H and O–H groups in total. The van der Waals surface area contributed by atoms with Gasteiger partial charge in [0.15, 0.2) is 5.78 Å². The first-order valence-electron chi connectivity index (χ1n) is 7.66. The molecule has 0 heterocycles. The molecule has 0 saturated carbocycles. The lowest BCUT2D eigenvalue weighted by Crippen LogP contribution is -2.24. The molecular formula is C21H16NOP. The van der Waals surface area contributed by atoms with Crippen molar-refractivity contribution >= 4 is 29.6 Å². The maximum Gasteiger partial charge on any atom is 0.161 e. The molecule has 0 unspecified atom stereocenters. The Bertz CT molecular complexity index is 859. The van der Waals surface area contributed by atoms with Gasteiger partial charge in [-0.25, -0.2) is 0 Å². The summed E-state index contributed by atoms with van der Waals surface area (Å²) in [6.07, 6.45) is 0. The number of Topliss-reactive ketones (excluding diaryl/α,β-unsaturated/α-hetero) is 1. The van der Waals surface area contributed by atoms with E-state index in [-0.39, 0.29) is 5.78 Å². The highest BCUT2D eigenvalue weighted by molar-refractivity contribution is 7.80. The minimum Gasteiger partial charge on any atom is -0.294 e. The largest absolute Gasteiger partial charge is 0.294 e. The number of hydrogen-bond acceptors (Lipinski definition) is 2. The van der Waals surface area contributed by atoms with Gasteiger partial charge in [-0.1, -0.05) is 78.9 Å². The lowest BCUT2D eigenvalue weighted by Gasteiger charge is -2.21. The van der Waals surface area contributed by atoms with Crippen molar-refractivity contribution in [3.05, 3.63) is 90.0 Å². The number of carbonyl (C=O) groups is 1. The monoisotopic (exact) mass is 329 g/mol. The maximum atomic E-state index is 11.9. The average molecular weight is 329 g/mol. The van der Waals surface area contributed by atoms with Crippen molar-refractivity contribution in [3.63, 3.8) is 0 Å². The number of carbonyl (C=O) groups excluding carboxylic acids is 1. The Morgan fingerprint density at radius 1 is 0.833 bits per heavy atom. The molecule has 0 amide bonds. The van der Waals surface area contributed by atoms with Gasteiger partial charge in [0.1, 0.15) is 6.07 Å². The summed E-state index contributed by atoms with van der Waals surface area (Å²) in [6, 6.07) is 28.2. The highest BCUT2D eigenvalue weighted by atomic mass is 31.1. The molecular weight excluding hydrogens is 313 g/mol. The lowest BCUT2D eigenvalue weighted by atomic mass is 10.1. The van der Waals surface area contributed by atoms with Crippen LogP contribution in [-0.4, -0.2) is 5.78 Å². The molecule has 0 radical (unpaired) electrons. The van der Waals surface area contributed by atoms with Crippen molar-refractivity contribution in [2.45, 2.75) is 6.92 Å². The van der Waals surface area contributed by atoms with E-state index in [0.29, 0.717) is 11.1 Å². The van der Waals surface area contributed by atoms with Crippen LogP contribution in [0.25, 0.3) is 0 Å². The highest BCUT2D eigenvalue weighted by Crippen LogP contribution is 2.34. The minimum absolute atomic E-state index is 0.0792. The third kappa shape index (κ3) is 3.13. The Morgan fingerprint density at radius 2 is 1.38 bits per heavy atom. The van der Waals surface area contributed by atoms with E-state index < -0.39 is 7.92 Å². The van der Waals surface area contributed by atoms with Crippen molar-refractivity contribution in [1.82, 2.24) is 0 Å². The van der Waals surface area contributed by atoms with Gasteiger partial charge in [0, 0.05) is 10.9 Å². The molecule has 3 rings (SSSR count). The molecule has 0 saturated heterocycles. The molecule has 3 aromatic carbocycles. The van der Waals surface area contributed by atoms with Crippen molar-refractivity contribution in [2.24, 2.45) is 0 Å². The summed E-state index contributed by atoms with van der Waals surface area (Å²) in [5.74, 6) is -0.0792. The van der Waals surface area contributed by atoms with Crippen LogP contribution < -0.4 is 15.9 Å². The smallest absolute Gasteiger partial charge is 0.161 e. The van der Waals surface area contributed by atoms with Gasteiger partial charge in [-0.2, -0.15) is 5.26 Å². The molecule has 2 nitrogen and oxygen atoms in total. The maximum absolute atomic E-state index is 11.9. The van der Waals surface area contributed by atoms with Gasteiger partial charge in [-0.3, -0.25) is 4.79 Å². The molecule has 0 aliphatic carbocycles. The summed E-state index contributed by atoms with van der Waals surface area (Å²) in [6.45, 7) is 1.51. The summed E-state index contributed by atoms with van der Waals surface area (Å²) < 4.78 is 0. The number of nitriles is 1. The summed E-state index contributed by atoms with van der Waals surface area (Å²) in [5, 5.41) is 13.0. The number of ketones is 1. The second-order valence-corrected chi connectivity index (χ2v) is 7.56. The van der Waals surface area contributed by atoms with Gasteiger partial charge in [0.25, 0.3) is 0 Å². The Morgan fingerprint density at radius 3 is 1.83 bits per heavy atom. The van der Waals surface area contributed by atoms with E-state index in [4.69, 9.17) is 0 Å². The van der Waals surface area contributed by atoms with Crippen molar-refractivity contribution < 1.29 is 4.79 Å². The third-order valence-electron chi connectivity index (χ3n) is 3.80. The van der Waals surface area contributed by atoms with Gasteiger partial charge in [0.05, 0.1) is 5.56 Å². The highest BCUT2D eigenvalue weighted by Gasteiger charge is 2.22.